The average molecular weight is 331 g/mol. The summed E-state index contributed by atoms with van der Waals surface area (Å²) in [7, 11) is 0. The van der Waals surface area contributed by atoms with E-state index in [1.54, 1.807) is 6.20 Å². The van der Waals surface area contributed by atoms with Crippen molar-refractivity contribution >= 4 is 34.5 Å². The van der Waals surface area contributed by atoms with Crippen LogP contribution in [-0.4, -0.2) is 33.2 Å². The molecule has 1 amide bonds. The van der Waals surface area contributed by atoms with Gasteiger partial charge in [-0.1, -0.05) is 32.1 Å². The van der Waals surface area contributed by atoms with Gasteiger partial charge in [0.25, 0.3) is 5.91 Å². The maximum Gasteiger partial charge on any atom is 0.256 e. The summed E-state index contributed by atoms with van der Waals surface area (Å²) in [6.45, 7) is 0.790. The molecule has 3 heterocycles. The van der Waals surface area contributed by atoms with Crippen molar-refractivity contribution in [2.24, 2.45) is 5.73 Å². The number of carbonyl (C=O) groups excluding carboxylic acids is 1. The van der Waals surface area contributed by atoms with Crippen LogP contribution >= 0.6 is 11.8 Å². The largest absolute Gasteiger partial charge is 0.365 e. The molecule has 0 radical (unpaired) electrons. The fourth-order valence-corrected chi connectivity index (χ4v) is 3.62. The predicted molar refractivity (Wildman–Crippen MR) is 94.1 cm³/mol. The number of hydrogen-bond donors (Lipinski definition) is 2. The van der Waals surface area contributed by atoms with Gasteiger partial charge in [0.1, 0.15) is 17.8 Å². The molecule has 0 unspecified atom stereocenters. The summed E-state index contributed by atoms with van der Waals surface area (Å²) >= 11 is 1.47. The molecule has 2 aromatic rings. The smallest absolute Gasteiger partial charge is 0.256 e. The summed E-state index contributed by atoms with van der Waals surface area (Å²) in [5, 5.41) is 0.935. The Kier molecular flexibility index (Phi) is 5.17. The van der Waals surface area contributed by atoms with Crippen molar-refractivity contribution in [3.8, 4) is 0 Å². The quantitative estimate of drug-likeness (QED) is 0.883. The SMILES string of the molecule is C1CCCC1.NC(=O)C1=CN(c2ncnc3[nH]ccc23)CCS1. The van der Waals surface area contributed by atoms with E-state index in [2.05, 4.69) is 15.0 Å². The Bertz CT molecular complexity index is 700. The van der Waals surface area contributed by atoms with Crippen molar-refractivity contribution < 1.29 is 4.79 Å². The summed E-state index contributed by atoms with van der Waals surface area (Å²) in [6, 6.07) is 1.92. The van der Waals surface area contributed by atoms with Gasteiger partial charge in [0, 0.05) is 24.7 Å². The van der Waals surface area contributed by atoms with Gasteiger partial charge in [-0.15, -0.1) is 11.8 Å². The minimum absolute atomic E-state index is 0.399. The van der Waals surface area contributed by atoms with E-state index in [4.69, 9.17) is 5.73 Å². The standard InChI is InChI=1S/C11H11N5OS.C5H10/c12-9(17)8-5-16(3-4-18-8)11-7-1-2-13-10(7)14-6-15-11;1-2-4-5-3-1/h1-2,5-6H,3-4H2,(H2,12,17)(H,13,14,15);1-5H2. The molecule has 1 aliphatic carbocycles. The van der Waals surface area contributed by atoms with E-state index in [0.29, 0.717) is 4.91 Å². The number of nitrogens with one attached hydrogen (secondary N) is 1. The number of nitrogens with zero attached hydrogens (tertiary/aromatic N) is 3. The number of amides is 1. The molecule has 2 aliphatic rings. The van der Waals surface area contributed by atoms with E-state index in [9.17, 15) is 4.79 Å². The van der Waals surface area contributed by atoms with Crippen molar-refractivity contribution in [2.45, 2.75) is 32.1 Å². The van der Waals surface area contributed by atoms with Crippen LogP contribution in [-0.2, 0) is 4.79 Å². The van der Waals surface area contributed by atoms with Crippen LogP contribution in [0.5, 0.6) is 0 Å². The molecule has 6 nitrogen and oxygen atoms in total. The van der Waals surface area contributed by atoms with Crippen LogP contribution in [0, 0.1) is 0 Å². The van der Waals surface area contributed by atoms with Gasteiger partial charge in [-0.3, -0.25) is 4.79 Å². The van der Waals surface area contributed by atoms with Gasteiger partial charge >= 0.3 is 0 Å². The second-order valence-electron chi connectivity index (χ2n) is 5.60. The molecule has 0 atom stereocenters. The molecular formula is C16H21N5OS. The summed E-state index contributed by atoms with van der Waals surface area (Å²) in [5.41, 5.74) is 6.09. The lowest BCUT2D eigenvalue weighted by molar-refractivity contribution is -0.113. The lowest BCUT2D eigenvalue weighted by Gasteiger charge is -2.24. The second-order valence-corrected chi connectivity index (χ2v) is 6.74. The van der Waals surface area contributed by atoms with Crippen LogP contribution in [0.25, 0.3) is 11.0 Å². The number of fused-ring (bicyclic) bond motifs is 1. The number of aromatic amines is 1. The Morgan fingerprint density at radius 3 is 2.65 bits per heavy atom. The number of hydrogen-bond acceptors (Lipinski definition) is 5. The van der Waals surface area contributed by atoms with Gasteiger partial charge in [-0.2, -0.15) is 0 Å². The number of thioether (sulfide) groups is 1. The van der Waals surface area contributed by atoms with E-state index < -0.39 is 5.91 Å². The molecule has 3 N–H and O–H groups in total. The van der Waals surface area contributed by atoms with Gasteiger partial charge < -0.3 is 15.6 Å². The highest BCUT2D eigenvalue weighted by Crippen LogP contribution is 2.28. The zero-order chi connectivity index (χ0) is 16.1. The average Bonchev–Trinajstić information content (AvgIpc) is 3.28. The maximum atomic E-state index is 11.2. The van der Waals surface area contributed by atoms with Crippen molar-refractivity contribution in [1.29, 1.82) is 0 Å². The fraction of sp³-hybridized carbons (Fsp3) is 0.438. The van der Waals surface area contributed by atoms with E-state index in [1.807, 2.05) is 17.2 Å². The summed E-state index contributed by atoms with van der Waals surface area (Å²) in [6.07, 6.45) is 12.6. The first-order valence-corrected chi connectivity index (χ1v) is 8.93. The number of nitrogens with two attached hydrogens (primary N) is 1. The van der Waals surface area contributed by atoms with E-state index in [0.717, 1.165) is 29.1 Å². The summed E-state index contributed by atoms with van der Waals surface area (Å²) in [4.78, 5) is 25.2. The maximum absolute atomic E-state index is 11.2. The van der Waals surface area contributed by atoms with Gasteiger partial charge in [0.2, 0.25) is 0 Å². The van der Waals surface area contributed by atoms with E-state index >= 15 is 0 Å². The van der Waals surface area contributed by atoms with E-state index in [-0.39, 0.29) is 0 Å². The van der Waals surface area contributed by atoms with Crippen LogP contribution in [0.4, 0.5) is 5.82 Å². The Balaban J connectivity index is 0.000000267. The first-order chi connectivity index (χ1) is 11.3. The van der Waals surface area contributed by atoms with Crippen molar-refractivity contribution in [3.05, 3.63) is 29.7 Å². The molecule has 23 heavy (non-hydrogen) atoms. The van der Waals surface area contributed by atoms with Crippen molar-refractivity contribution in [3.63, 3.8) is 0 Å². The number of H-pyrrole nitrogens is 1. The third-order valence-electron chi connectivity index (χ3n) is 3.96. The highest BCUT2D eigenvalue weighted by atomic mass is 32.2. The van der Waals surface area contributed by atoms with Crippen LogP contribution in [0.1, 0.15) is 32.1 Å². The molecule has 122 valence electrons. The molecule has 7 heteroatoms. The lowest BCUT2D eigenvalue weighted by atomic mass is 10.3. The Morgan fingerprint density at radius 2 is 1.96 bits per heavy atom. The molecule has 2 aromatic heterocycles. The Morgan fingerprint density at radius 1 is 1.22 bits per heavy atom. The highest BCUT2D eigenvalue weighted by molar-refractivity contribution is 8.04. The Hall–Kier alpha value is -2.02. The molecule has 0 saturated heterocycles. The molecule has 0 spiro atoms. The molecular weight excluding hydrogens is 310 g/mol. The van der Waals surface area contributed by atoms with Crippen LogP contribution < -0.4 is 10.6 Å². The highest BCUT2D eigenvalue weighted by Gasteiger charge is 2.18. The molecule has 4 rings (SSSR count). The topological polar surface area (TPSA) is 87.9 Å². The molecule has 1 saturated carbocycles. The van der Waals surface area contributed by atoms with Crippen LogP contribution in [0.2, 0.25) is 0 Å². The Labute approximate surface area is 139 Å². The lowest BCUT2D eigenvalue weighted by Crippen LogP contribution is -2.27. The molecule has 1 aliphatic heterocycles. The fourth-order valence-electron chi connectivity index (χ4n) is 2.77. The van der Waals surface area contributed by atoms with Crippen molar-refractivity contribution in [1.82, 2.24) is 15.0 Å². The second kappa shape index (κ2) is 7.50. The number of aromatic nitrogens is 3. The summed E-state index contributed by atoms with van der Waals surface area (Å²) in [5.74, 6) is 1.20. The number of anilines is 1. The third kappa shape index (κ3) is 3.85. The van der Waals surface area contributed by atoms with Gasteiger partial charge in [-0.25, -0.2) is 9.97 Å². The normalized spacial score (nSPS) is 17.6. The minimum atomic E-state index is -0.399. The molecule has 0 aromatic carbocycles. The minimum Gasteiger partial charge on any atom is -0.365 e. The third-order valence-corrected chi connectivity index (χ3v) is 4.96. The monoisotopic (exact) mass is 331 g/mol. The number of rotatable bonds is 2. The molecule has 1 fully saturated rings. The van der Waals surface area contributed by atoms with Gasteiger partial charge in [-0.05, 0) is 6.07 Å². The molecule has 0 bridgehead atoms. The first-order valence-electron chi connectivity index (χ1n) is 7.95. The zero-order valence-corrected chi connectivity index (χ0v) is 13.8. The van der Waals surface area contributed by atoms with Gasteiger partial charge in [0.05, 0.1) is 10.3 Å². The number of primary amides is 1. The summed E-state index contributed by atoms with van der Waals surface area (Å²) < 4.78 is 0. The zero-order valence-electron chi connectivity index (χ0n) is 13.0. The van der Waals surface area contributed by atoms with Crippen LogP contribution in [0.3, 0.4) is 0 Å². The van der Waals surface area contributed by atoms with Crippen LogP contribution in [0.15, 0.2) is 29.7 Å². The van der Waals surface area contributed by atoms with Gasteiger partial charge in [0.15, 0.2) is 0 Å². The predicted octanol–water partition coefficient (Wildman–Crippen LogP) is 2.79. The first kappa shape index (κ1) is 15.9. The number of carbonyl (C=O) groups is 1. The van der Waals surface area contributed by atoms with Crippen molar-refractivity contribution in [2.75, 3.05) is 17.2 Å². The van der Waals surface area contributed by atoms with E-state index in [1.165, 1.54) is 50.2 Å².